The third-order valence-corrected chi connectivity index (χ3v) is 5.20. The molecule has 3 amide bonds. The summed E-state index contributed by atoms with van der Waals surface area (Å²) in [5.41, 5.74) is 6.96. The summed E-state index contributed by atoms with van der Waals surface area (Å²) in [5, 5.41) is 45.1. The summed E-state index contributed by atoms with van der Waals surface area (Å²) in [6.45, 7) is 0.366. The highest BCUT2D eigenvalue weighted by Gasteiger charge is 2.32. The number of carbonyl (C=O) groups is 4. The molecule has 2 rings (SSSR count). The number of nitrogens with zero attached hydrogens (tertiary/aromatic N) is 1. The molecule has 1 aromatic carbocycles. The molecule has 0 radical (unpaired) electrons. The molecular weight excluding hydrogens is 476 g/mol. The quantitative estimate of drug-likeness (QED) is 0.135. The van der Waals surface area contributed by atoms with Crippen molar-refractivity contribution >= 4 is 23.7 Å². The summed E-state index contributed by atoms with van der Waals surface area (Å²) in [6.07, 6.45) is 1.24. The molecule has 0 fully saturated rings. The number of amides is 3. The second-order valence-electron chi connectivity index (χ2n) is 8.13. The number of hydrogen-bond acceptors (Lipinski definition) is 9. The number of aromatic hydroxyl groups is 1. The Hall–Kier alpha value is -4.01. The van der Waals surface area contributed by atoms with Crippen molar-refractivity contribution in [2.75, 3.05) is 6.61 Å². The molecule has 1 aromatic heterocycles. The highest BCUT2D eigenvalue weighted by atomic mass is 16.4. The maximum Gasteiger partial charge on any atom is 0.326 e. The zero-order valence-corrected chi connectivity index (χ0v) is 19.4. The van der Waals surface area contributed by atoms with Crippen molar-refractivity contribution in [2.45, 2.75) is 50.0 Å². The number of nitrogens with one attached hydrogen (secondary N) is 4. The van der Waals surface area contributed by atoms with Crippen LogP contribution in [0.25, 0.3) is 0 Å². The number of phenols is 1. The third kappa shape index (κ3) is 8.33. The van der Waals surface area contributed by atoms with E-state index in [0.29, 0.717) is 11.3 Å². The number of hydrogen-bond donors (Lipinski definition) is 9. The number of nitrogens with two attached hydrogens (primary N) is 1. The molecule has 0 spiro atoms. The minimum absolute atomic E-state index is 0.0430. The van der Waals surface area contributed by atoms with E-state index in [0.717, 1.165) is 0 Å². The van der Waals surface area contributed by atoms with Crippen LogP contribution in [0.4, 0.5) is 0 Å². The molecule has 10 N–H and O–H groups in total. The van der Waals surface area contributed by atoms with Crippen molar-refractivity contribution in [1.82, 2.24) is 25.9 Å². The van der Waals surface area contributed by atoms with Gasteiger partial charge in [0.2, 0.25) is 17.7 Å². The van der Waals surface area contributed by atoms with Crippen molar-refractivity contribution in [3.8, 4) is 5.75 Å². The molecule has 1 heterocycles. The lowest BCUT2D eigenvalue weighted by atomic mass is 10.1. The first-order chi connectivity index (χ1) is 17.0. The molecular formula is C22H30N6O8. The third-order valence-electron chi connectivity index (χ3n) is 5.20. The fourth-order valence-corrected chi connectivity index (χ4v) is 3.19. The van der Waals surface area contributed by atoms with Gasteiger partial charge in [-0.05, 0) is 31.0 Å². The summed E-state index contributed by atoms with van der Waals surface area (Å²) in [4.78, 5) is 55.8. The fourth-order valence-electron chi connectivity index (χ4n) is 3.19. The average molecular weight is 507 g/mol. The van der Waals surface area contributed by atoms with Gasteiger partial charge < -0.3 is 47.1 Å². The molecule has 196 valence electrons. The topological polar surface area (TPSA) is 240 Å². The lowest BCUT2D eigenvalue weighted by molar-refractivity contribution is -0.143. The summed E-state index contributed by atoms with van der Waals surface area (Å²) in [6, 6.07) is 0.427. The van der Waals surface area contributed by atoms with Gasteiger partial charge in [-0.3, -0.25) is 14.4 Å². The van der Waals surface area contributed by atoms with E-state index in [1.807, 2.05) is 0 Å². The van der Waals surface area contributed by atoms with Crippen LogP contribution in [0.15, 0.2) is 36.8 Å². The summed E-state index contributed by atoms with van der Waals surface area (Å²) in [5.74, 6) is -4.06. The number of aromatic amines is 1. The Morgan fingerprint density at radius 3 is 2.17 bits per heavy atom. The number of phenolic OH excluding ortho intramolecular Hbond substituents is 1. The van der Waals surface area contributed by atoms with E-state index in [4.69, 9.17) is 5.73 Å². The second-order valence-corrected chi connectivity index (χ2v) is 8.13. The van der Waals surface area contributed by atoms with Crippen LogP contribution in [0.1, 0.15) is 18.2 Å². The molecule has 5 unspecified atom stereocenters. The first-order valence-electron chi connectivity index (χ1n) is 10.9. The predicted molar refractivity (Wildman–Crippen MR) is 124 cm³/mol. The number of carboxylic acids is 1. The second kappa shape index (κ2) is 13.2. The van der Waals surface area contributed by atoms with Gasteiger partial charge in [-0.25, -0.2) is 9.78 Å². The van der Waals surface area contributed by atoms with Gasteiger partial charge in [-0.1, -0.05) is 12.1 Å². The Morgan fingerprint density at radius 2 is 1.64 bits per heavy atom. The van der Waals surface area contributed by atoms with Crippen LogP contribution in [0.2, 0.25) is 0 Å². The van der Waals surface area contributed by atoms with E-state index < -0.39 is 60.6 Å². The van der Waals surface area contributed by atoms with Crippen LogP contribution in [0, 0.1) is 0 Å². The molecule has 0 saturated carbocycles. The van der Waals surface area contributed by atoms with Gasteiger partial charge in [-0.2, -0.15) is 0 Å². The normalized spacial score (nSPS) is 15.1. The SMILES string of the molecule is CC(O)C(NC(=O)C(CO)NC(=O)C(N)Cc1ccc(O)cc1)C(=O)NC(Cc1cnc[nH]1)C(=O)O. The van der Waals surface area contributed by atoms with Gasteiger partial charge >= 0.3 is 5.97 Å². The number of rotatable bonds is 13. The van der Waals surface area contributed by atoms with Crippen LogP contribution in [0.3, 0.4) is 0 Å². The number of aromatic nitrogens is 2. The van der Waals surface area contributed by atoms with Crippen molar-refractivity contribution in [1.29, 1.82) is 0 Å². The largest absolute Gasteiger partial charge is 0.508 e. The summed E-state index contributed by atoms with van der Waals surface area (Å²) in [7, 11) is 0. The van der Waals surface area contributed by atoms with Crippen LogP contribution >= 0.6 is 0 Å². The fraction of sp³-hybridized carbons (Fsp3) is 0.409. The number of carboxylic acid groups (broad SMARTS) is 1. The number of aliphatic hydroxyl groups is 2. The molecule has 0 aliphatic rings. The Bertz CT molecular complexity index is 1030. The van der Waals surface area contributed by atoms with Gasteiger partial charge in [-0.15, -0.1) is 0 Å². The average Bonchev–Trinajstić information content (AvgIpc) is 3.34. The molecule has 14 heteroatoms. The molecule has 0 bridgehead atoms. The number of carbonyl (C=O) groups excluding carboxylic acids is 3. The maximum absolute atomic E-state index is 12.7. The lowest BCUT2D eigenvalue weighted by Crippen LogP contribution is -2.60. The lowest BCUT2D eigenvalue weighted by Gasteiger charge is -2.25. The number of imidazole rings is 1. The minimum Gasteiger partial charge on any atom is -0.508 e. The van der Waals surface area contributed by atoms with Crippen molar-refractivity contribution in [3.05, 3.63) is 48.0 Å². The smallest absolute Gasteiger partial charge is 0.326 e. The Kier molecular flexibility index (Phi) is 10.3. The van der Waals surface area contributed by atoms with E-state index in [1.54, 1.807) is 12.1 Å². The summed E-state index contributed by atoms with van der Waals surface area (Å²) >= 11 is 0. The molecule has 0 aliphatic carbocycles. The van der Waals surface area contributed by atoms with E-state index in [9.17, 15) is 39.6 Å². The maximum atomic E-state index is 12.7. The van der Waals surface area contributed by atoms with E-state index >= 15 is 0 Å². The zero-order chi connectivity index (χ0) is 26.8. The Morgan fingerprint density at radius 1 is 1.00 bits per heavy atom. The first kappa shape index (κ1) is 28.2. The minimum atomic E-state index is -1.59. The Balaban J connectivity index is 2.00. The van der Waals surface area contributed by atoms with Crippen LogP contribution in [0.5, 0.6) is 5.75 Å². The molecule has 36 heavy (non-hydrogen) atoms. The molecule has 14 nitrogen and oxygen atoms in total. The predicted octanol–water partition coefficient (Wildman–Crippen LogP) is -2.86. The molecule has 0 saturated heterocycles. The first-order valence-corrected chi connectivity index (χ1v) is 10.9. The monoisotopic (exact) mass is 506 g/mol. The van der Waals surface area contributed by atoms with E-state index in [2.05, 4.69) is 25.9 Å². The van der Waals surface area contributed by atoms with E-state index in [1.165, 1.54) is 31.6 Å². The Labute approximate surface area is 205 Å². The molecule has 2 aromatic rings. The van der Waals surface area contributed by atoms with Gasteiger partial charge in [0.15, 0.2) is 0 Å². The van der Waals surface area contributed by atoms with Crippen molar-refractivity contribution < 1.29 is 39.6 Å². The zero-order valence-electron chi connectivity index (χ0n) is 19.4. The van der Waals surface area contributed by atoms with Gasteiger partial charge in [0.05, 0.1) is 25.1 Å². The van der Waals surface area contributed by atoms with Crippen LogP contribution in [-0.2, 0) is 32.0 Å². The van der Waals surface area contributed by atoms with Gasteiger partial charge in [0, 0.05) is 18.3 Å². The van der Waals surface area contributed by atoms with Crippen molar-refractivity contribution in [2.24, 2.45) is 5.73 Å². The van der Waals surface area contributed by atoms with E-state index in [-0.39, 0.29) is 18.6 Å². The molecule has 5 atom stereocenters. The summed E-state index contributed by atoms with van der Waals surface area (Å²) < 4.78 is 0. The number of benzene rings is 1. The number of aliphatic hydroxyl groups excluding tert-OH is 2. The van der Waals surface area contributed by atoms with Crippen molar-refractivity contribution in [3.63, 3.8) is 0 Å². The standard InChI is InChI=1S/C22H30N6O8/c1-11(30)18(21(34)26-16(22(35)36)7-13-8-24-10-25-13)28-20(33)17(9-29)27-19(32)15(23)6-12-2-4-14(31)5-3-12/h2-5,8,10-11,15-18,29-31H,6-7,9,23H2,1H3,(H,24,25)(H,26,34)(H,27,32)(H,28,33)(H,35,36). The van der Waals surface area contributed by atoms with Gasteiger partial charge in [0.1, 0.15) is 23.9 Å². The van der Waals surface area contributed by atoms with Crippen LogP contribution < -0.4 is 21.7 Å². The highest BCUT2D eigenvalue weighted by Crippen LogP contribution is 2.11. The molecule has 0 aliphatic heterocycles. The van der Waals surface area contributed by atoms with Gasteiger partial charge in [0.25, 0.3) is 0 Å². The van der Waals surface area contributed by atoms with Crippen LogP contribution in [-0.4, -0.2) is 91.0 Å². The number of aliphatic carboxylic acids is 1. The number of H-pyrrole nitrogens is 1. The highest BCUT2D eigenvalue weighted by molar-refractivity contribution is 5.94.